The van der Waals surface area contributed by atoms with Gasteiger partial charge in [-0.25, -0.2) is 19.4 Å². The van der Waals surface area contributed by atoms with Crippen molar-refractivity contribution in [1.82, 2.24) is 30.2 Å². The SMILES string of the molecule is CCOC(=O)Cn1cnc2c(NC(=O)OCc3ccccc3)nc(NCCCCN=C(NC(=O)OCc3ccccc3)NC(=O)OCc3ccccc3)nc21. The van der Waals surface area contributed by atoms with Gasteiger partial charge in [0, 0.05) is 13.1 Å². The van der Waals surface area contributed by atoms with Crippen molar-refractivity contribution in [1.29, 1.82) is 0 Å². The van der Waals surface area contributed by atoms with Crippen LogP contribution in [0.1, 0.15) is 36.5 Å². The average Bonchev–Trinajstić information content (AvgIpc) is 3.60. The van der Waals surface area contributed by atoms with Gasteiger partial charge in [0.2, 0.25) is 11.9 Å². The second kappa shape index (κ2) is 20.9. The van der Waals surface area contributed by atoms with Crippen LogP contribution in [0.4, 0.5) is 26.1 Å². The van der Waals surface area contributed by atoms with Crippen molar-refractivity contribution in [2.24, 2.45) is 4.99 Å². The van der Waals surface area contributed by atoms with Crippen LogP contribution in [-0.2, 0) is 50.1 Å². The minimum absolute atomic E-state index is 0.0215. The van der Waals surface area contributed by atoms with Crippen LogP contribution >= 0.6 is 0 Å². The number of nitrogens with zero attached hydrogens (tertiary/aromatic N) is 5. The third-order valence-corrected chi connectivity index (χ3v) is 7.51. The highest BCUT2D eigenvalue weighted by molar-refractivity contribution is 6.01. The molecule has 0 unspecified atom stereocenters. The van der Waals surface area contributed by atoms with E-state index >= 15 is 0 Å². The van der Waals surface area contributed by atoms with Crippen LogP contribution in [0, 0.1) is 0 Å². The lowest BCUT2D eigenvalue weighted by Crippen LogP contribution is -2.44. The summed E-state index contributed by atoms with van der Waals surface area (Å²) in [5.41, 5.74) is 2.92. The monoisotopic (exact) mass is 751 g/mol. The maximum atomic E-state index is 12.7. The number of benzene rings is 3. The van der Waals surface area contributed by atoms with Gasteiger partial charge in [-0.3, -0.25) is 25.7 Å². The molecule has 0 bridgehead atoms. The van der Waals surface area contributed by atoms with E-state index in [9.17, 15) is 19.2 Å². The van der Waals surface area contributed by atoms with Crippen LogP contribution < -0.4 is 21.3 Å². The third-order valence-electron chi connectivity index (χ3n) is 7.51. The first kappa shape index (κ1) is 39.2. The van der Waals surface area contributed by atoms with Gasteiger partial charge in [-0.1, -0.05) is 91.0 Å². The van der Waals surface area contributed by atoms with E-state index in [2.05, 4.69) is 41.2 Å². The zero-order chi connectivity index (χ0) is 38.7. The zero-order valence-corrected chi connectivity index (χ0v) is 30.1. The van der Waals surface area contributed by atoms with E-state index in [1.165, 1.54) is 10.9 Å². The minimum atomic E-state index is -0.810. The molecule has 4 N–H and O–H groups in total. The first-order chi connectivity index (χ1) is 26.9. The van der Waals surface area contributed by atoms with Crippen molar-refractivity contribution in [3.8, 4) is 0 Å². The Morgan fingerprint density at radius 2 is 1.24 bits per heavy atom. The molecule has 3 amide bonds. The summed E-state index contributed by atoms with van der Waals surface area (Å²) in [4.78, 5) is 67.8. The number of carbonyl (C=O) groups excluding carboxylic acids is 4. The van der Waals surface area contributed by atoms with Crippen molar-refractivity contribution in [2.75, 3.05) is 30.3 Å². The van der Waals surface area contributed by atoms with Crippen LogP contribution in [0.15, 0.2) is 102 Å². The Morgan fingerprint density at radius 3 is 1.78 bits per heavy atom. The molecule has 0 aliphatic heterocycles. The number of hydrogen-bond acceptors (Lipinski definition) is 13. The van der Waals surface area contributed by atoms with E-state index in [0.717, 1.165) is 16.7 Å². The summed E-state index contributed by atoms with van der Waals surface area (Å²) in [6, 6.07) is 27.5. The molecule has 0 aliphatic carbocycles. The van der Waals surface area contributed by atoms with Gasteiger partial charge in [-0.05, 0) is 36.5 Å². The molecule has 2 heterocycles. The number of hydrogen-bond donors (Lipinski definition) is 4. The van der Waals surface area contributed by atoms with E-state index in [4.69, 9.17) is 18.9 Å². The number of fused-ring (bicyclic) bond motifs is 1. The molecule has 0 radical (unpaired) electrons. The van der Waals surface area contributed by atoms with Crippen LogP contribution in [0.5, 0.6) is 0 Å². The van der Waals surface area contributed by atoms with Gasteiger partial charge in [0.1, 0.15) is 26.4 Å². The number of aliphatic imine (C=N–C) groups is 1. The fraction of sp³-hybridized carbons (Fsp3) is 0.263. The van der Waals surface area contributed by atoms with Gasteiger partial charge < -0.3 is 28.8 Å². The molecule has 0 spiro atoms. The average molecular weight is 752 g/mol. The van der Waals surface area contributed by atoms with Gasteiger partial charge in [-0.15, -0.1) is 0 Å². The standard InChI is InChI=1S/C38H41N9O8/c1-2-52-30(48)22-47-26-41-31-32(43-36(49)53-23-27-14-6-3-7-15-27)42-34(44-33(31)47)39-20-12-13-21-40-35(45-37(50)54-24-28-16-8-4-9-17-28)46-38(51)55-25-29-18-10-5-11-19-29/h3-11,14-19,26H,2,12-13,20-25H2,1H3,(H2,39,42,43,44,49)(H2,40,45,46,50,51). The van der Waals surface area contributed by atoms with E-state index in [1.54, 1.807) is 6.92 Å². The number of ether oxygens (including phenoxy) is 4. The van der Waals surface area contributed by atoms with Gasteiger partial charge in [0.25, 0.3) is 0 Å². The molecule has 3 aromatic carbocycles. The summed E-state index contributed by atoms with van der Waals surface area (Å²) in [6.07, 6.45) is 0.106. The Labute approximate surface area is 316 Å². The number of anilines is 2. The summed E-state index contributed by atoms with van der Waals surface area (Å²) >= 11 is 0. The number of amides is 3. The van der Waals surface area contributed by atoms with E-state index in [1.807, 2.05) is 91.0 Å². The molecule has 0 saturated carbocycles. The third kappa shape index (κ3) is 13.2. The highest BCUT2D eigenvalue weighted by Crippen LogP contribution is 2.21. The maximum Gasteiger partial charge on any atom is 0.414 e. The van der Waals surface area contributed by atoms with E-state index in [-0.39, 0.29) is 68.4 Å². The molecule has 2 aromatic heterocycles. The number of alkyl carbamates (subject to hydrolysis) is 2. The Kier molecular flexibility index (Phi) is 14.9. The highest BCUT2D eigenvalue weighted by Gasteiger charge is 2.18. The molecule has 17 nitrogen and oxygen atoms in total. The van der Waals surface area contributed by atoms with Crippen molar-refractivity contribution < 1.29 is 38.1 Å². The number of guanidine groups is 1. The lowest BCUT2D eigenvalue weighted by Gasteiger charge is -2.12. The number of imidazole rings is 1. The predicted octanol–water partition coefficient (Wildman–Crippen LogP) is 5.54. The summed E-state index contributed by atoms with van der Waals surface area (Å²) < 4.78 is 22.5. The van der Waals surface area contributed by atoms with Gasteiger partial charge in [-0.2, -0.15) is 9.97 Å². The van der Waals surface area contributed by atoms with Crippen LogP contribution in [0.25, 0.3) is 11.2 Å². The van der Waals surface area contributed by atoms with Crippen LogP contribution in [0.2, 0.25) is 0 Å². The first-order valence-electron chi connectivity index (χ1n) is 17.5. The lowest BCUT2D eigenvalue weighted by molar-refractivity contribution is -0.143. The largest absolute Gasteiger partial charge is 0.465 e. The molecule has 0 aliphatic rings. The van der Waals surface area contributed by atoms with Crippen molar-refractivity contribution in [3.05, 3.63) is 114 Å². The molecule has 286 valence electrons. The Morgan fingerprint density at radius 1 is 0.691 bits per heavy atom. The maximum absolute atomic E-state index is 12.7. The molecule has 5 rings (SSSR count). The zero-order valence-electron chi connectivity index (χ0n) is 30.1. The van der Waals surface area contributed by atoms with Gasteiger partial charge in [0.05, 0.1) is 12.9 Å². The first-order valence-corrected chi connectivity index (χ1v) is 17.5. The van der Waals surface area contributed by atoms with E-state index < -0.39 is 24.2 Å². The molecular formula is C38H41N9O8. The molecule has 17 heteroatoms. The van der Waals surface area contributed by atoms with Crippen molar-refractivity contribution >= 4 is 53.1 Å². The smallest absolute Gasteiger partial charge is 0.414 e. The number of rotatable bonds is 16. The van der Waals surface area contributed by atoms with Gasteiger partial charge in [0.15, 0.2) is 17.0 Å². The summed E-state index contributed by atoms with van der Waals surface area (Å²) in [7, 11) is 0. The molecule has 0 fully saturated rings. The Bertz CT molecular complexity index is 1990. The Hall–Kier alpha value is -7.04. The quantitative estimate of drug-likeness (QED) is 0.0322. The number of esters is 1. The van der Waals surface area contributed by atoms with E-state index in [0.29, 0.717) is 19.4 Å². The topological polar surface area (TPSA) is 209 Å². The number of carbonyl (C=O) groups is 4. The molecular weight excluding hydrogens is 710 g/mol. The van der Waals surface area contributed by atoms with Crippen LogP contribution in [-0.4, -0.2) is 69.4 Å². The van der Waals surface area contributed by atoms with Crippen molar-refractivity contribution in [3.63, 3.8) is 0 Å². The molecule has 5 aromatic rings. The van der Waals surface area contributed by atoms with Crippen LogP contribution in [0.3, 0.4) is 0 Å². The Balaban J connectivity index is 1.19. The normalized spacial score (nSPS) is 10.5. The number of nitrogens with one attached hydrogen (secondary N) is 4. The molecule has 0 saturated heterocycles. The molecule has 55 heavy (non-hydrogen) atoms. The minimum Gasteiger partial charge on any atom is -0.465 e. The van der Waals surface area contributed by atoms with Crippen molar-refractivity contribution in [2.45, 2.75) is 46.1 Å². The van der Waals surface area contributed by atoms with Gasteiger partial charge >= 0.3 is 24.2 Å². The second-order valence-corrected chi connectivity index (χ2v) is 11.7. The summed E-state index contributed by atoms with van der Waals surface area (Å²) in [5, 5.41) is 10.7. The highest BCUT2D eigenvalue weighted by atomic mass is 16.6. The lowest BCUT2D eigenvalue weighted by atomic mass is 10.2. The predicted molar refractivity (Wildman–Crippen MR) is 202 cm³/mol. The summed E-state index contributed by atoms with van der Waals surface area (Å²) in [6.45, 7) is 2.44. The molecule has 0 atom stereocenters. The second-order valence-electron chi connectivity index (χ2n) is 11.7. The summed E-state index contributed by atoms with van der Waals surface area (Å²) in [5.74, 6) is -0.378. The number of aromatic nitrogens is 4. The fourth-order valence-electron chi connectivity index (χ4n) is 4.88. The fourth-order valence-corrected chi connectivity index (χ4v) is 4.88. The number of unbranched alkanes of at least 4 members (excludes halogenated alkanes) is 1.